The van der Waals surface area contributed by atoms with Crippen LogP contribution < -0.4 is 10.3 Å². The standard InChI is InChI=1S/C11H12Cl3N3OS/c1-2-9-15-17(19-11(12,13)14)10(18)16(9)8-6-4-3-5-7-8/h3-7,9,15H,2H2,1H3. The highest BCUT2D eigenvalue weighted by Gasteiger charge is 2.41. The molecule has 1 aliphatic heterocycles. The van der Waals surface area contributed by atoms with Crippen molar-refractivity contribution in [3.63, 3.8) is 0 Å². The van der Waals surface area contributed by atoms with E-state index in [0.29, 0.717) is 0 Å². The molecule has 2 rings (SSSR count). The van der Waals surface area contributed by atoms with Gasteiger partial charge in [0, 0.05) is 17.6 Å². The van der Waals surface area contributed by atoms with Gasteiger partial charge in [-0.3, -0.25) is 4.90 Å². The summed E-state index contributed by atoms with van der Waals surface area (Å²) in [5, 5.41) is 0. The van der Waals surface area contributed by atoms with Crippen LogP contribution in [0.3, 0.4) is 0 Å². The van der Waals surface area contributed by atoms with Gasteiger partial charge in [0.15, 0.2) is 0 Å². The average Bonchev–Trinajstić information content (AvgIpc) is 2.65. The summed E-state index contributed by atoms with van der Waals surface area (Å²) in [5.41, 5.74) is 3.82. The van der Waals surface area contributed by atoms with E-state index in [9.17, 15) is 4.79 Å². The maximum atomic E-state index is 12.3. The highest BCUT2D eigenvalue weighted by molar-refractivity contribution is 8.03. The Morgan fingerprint density at radius 1 is 1.32 bits per heavy atom. The smallest absolute Gasteiger partial charge is 0.275 e. The molecule has 1 aromatic rings. The van der Waals surface area contributed by atoms with Crippen LogP contribution in [0.1, 0.15) is 13.3 Å². The van der Waals surface area contributed by atoms with Gasteiger partial charge >= 0.3 is 6.03 Å². The molecule has 0 aliphatic carbocycles. The summed E-state index contributed by atoms with van der Waals surface area (Å²) in [6, 6.07) is 9.12. The molecular weight excluding hydrogens is 329 g/mol. The molecule has 19 heavy (non-hydrogen) atoms. The first-order chi connectivity index (χ1) is 8.92. The quantitative estimate of drug-likeness (QED) is 0.663. The third-order valence-electron chi connectivity index (χ3n) is 2.57. The van der Waals surface area contributed by atoms with Gasteiger partial charge in [0.05, 0.1) is 0 Å². The fourth-order valence-electron chi connectivity index (χ4n) is 1.80. The number of anilines is 1. The molecule has 1 heterocycles. The van der Waals surface area contributed by atoms with Gasteiger partial charge in [0.25, 0.3) is 3.12 Å². The van der Waals surface area contributed by atoms with E-state index in [1.807, 2.05) is 37.3 Å². The van der Waals surface area contributed by atoms with E-state index >= 15 is 0 Å². The topological polar surface area (TPSA) is 35.6 Å². The molecule has 2 amide bonds. The molecule has 4 nitrogen and oxygen atoms in total. The number of urea groups is 1. The minimum atomic E-state index is -1.59. The molecule has 1 unspecified atom stereocenters. The second-order valence-corrected chi connectivity index (χ2v) is 7.99. The fraction of sp³-hybridized carbons (Fsp3) is 0.364. The van der Waals surface area contributed by atoms with E-state index in [1.165, 1.54) is 4.41 Å². The molecule has 1 aliphatic rings. The molecule has 0 saturated carbocycles. The van der Waals surface area contributed by atoms with Crippen LogP contribution in [0.15, 0.2) is 30.3 Å². The van der Waals surface area contributed by atoms with E-state index < -0.39 is 3.12 Å². The van der Waals surface area contributed by atoms with E-state index in [-0.39, 0.29) is 12.2 Å². The van der Waals surface area contributed by atoms with Crippen LogP contribution in [0.2, 0.25) is 0 Å². The van der Waals surface area contributed by atoms with E-state index in [4.69, 9.17) is 34.8 Å². The summed E-state index contributed by atoms with van der Waals surface area (Å²) in [4.78, 5) is 14.0. The van der Waals surface area contributed by atoms with Gasteiger partial charge in [-0.1, -0.05) is 59.9 Å². The summed E-state index contributed by atoms with van der Waals surface area (Å²) < 4.78 is -0.332. The number of hydrazine groups is 1. The zero-order chi connectivity index (χ0) is 14.0. The monoisotopic (exact) mass is 339 g/mol. The lowest BCUT2D eigenvalue weighted by Gasteiger charge is -2.20. The molecule has 0 spiro atoms. The van der Waals surface area contributed by atoms with E-state index in [2.05, 4.69) is 5.43 Å². The third-order valence-corrected chi connectivity index (χ3v) is 3.85. The van der Waals surface area contributed by atoms with Gasteiger partial charge in [-0.25, -0.2) is 4.79 Å². The number of para-hydroxylation sites is 1. The number of carbonyl (C=O) groups excluding carboxylic acids is 1. The Kier molecular flexibility index (Phi) is 4.74. The maximum absolute atomic E-state index is 12.3. The Labute approximate surface area is 131 Å². The Hall–Kier alpha value is -0.330. The lowest BCUT2D eigenvalue weighted by molar-refractivity contribution is 0.236. The molecule has 1 saturated heterocycles. The van der Waals surface area contributed by atoms with Gasteiger partial charge in [-0.2, -0.15) is 9.84 Å². The van der Waals surface area contributed by atoms with Crippen LogP contribution >= 0.6 is 46.8 Å². The highest BCUT2D eigenvalue weighted by Crippen LogP contribution is 2.42. The van der Waals surface area contributed by atoms with Crippen molar-refractivity contribution in [3.05, 3.63) is 30.3 Å². The number of benzene rings is 1. The second kappa shape index (κ2) is 5.97. The highest BCUT2D eigenvalue weighted by atomic mass is 35.6. The Balaban J connectivity index is 2.22. The zero-order valence-electron chi connectivity index (χ0n) is 10.0. The van der Waals surface area contributed by atoms with Crippen molar-refractivity contribution in [1.29, 1.82) is 0 Å². The summed E-state index contributed by atoms with van der Waals surface area (Å²) in [7, 11) is 0. The van der Waals surface area contributed by atoms with Gasteiger partial charge in [-0.15, -0.1) is 0 Å². The number of nitrogens with one attached hydrogen (secondary N) is 1. The molecule has 1 atom stereocenters. The Morgan fingerprint density at radius 2 is 1.95 bits per heavy atom. The number of alkyl halides is 3. The summed E-state index contributed by atoms with van der Waals surface area (Å²) in [6.07, 6.45) is 0.576. The fourth-order valence-corrected chi connectivity index (χ4v) is 2.97. The molecule has 1 N–H and O–H groups in total. The molecule has 1 aromatic carbocycles. The van der Waals surface area contributed by atoms with Crippen molar-refractivity contribution in [2.75, 3.05) is 4.90 Å². The molecule has 0 radical (unpaired) electrons. The molecule has 104 valence electrons. The van der Waals surface area contributed by atoms with Crippen molar-refractivity contribution < 1.29 is 4.79 Å². The van der Waals surface area contributed by atoms with Crippen LogP contribution in [-0.2, 0) is 0 Å². The van der Waals surface area contributed by atoms with Crippen molar-refractivity contribution in [2.45, 2.75) is 22.6 Å². The number of hydrogen-bond acceptors (Lipinski definition) is 3. The SMILES string of the molecule is CCC1NN(SC(Cl)(Cl)Cl)C(=O)N1c1ccccc1. The van der Waals surface area contributed by atoms with Crippen LogP contribution in [0.25, 0.3) is 0 Å². The number of nitrogens with zero attached hydrogens (tertiary/aromatic N) is 2. The summed E-state index contributed by atoms with van der Waals surface area (Å²) >= 11 is 17.9. The maximum Gasteiger partial charge on any atom is 0.350 e. The Morgan fingerprint density at radius 3 is 2.47 bits per heavy atom. The molecule has 8 heteroatoms. The van der Waals surface area contributed by atoms with Crippen LogP contribution in [0.5, 0.6) is 0 Å². The van der Waals surface area contributed by atoms with Crippen molar-refractivity contribution in [3.8, 4) is 0 Å². The summed E-state index contributed by atoms with van der Waals surface area (Å²) in [6.45, 7) is 1.98. The van der Waals surface area contributed by atoms with Crippen molar-refractivity contribution >= 4 is 58.5 Å². The predicted octanol–water partition coefficient (Wildman–Crippen LogP) is 4.15. The predicted molar refractivity (Wildman–Crippen MR) is 81.3 cm³/mol. The number of halogens is 3. The van der Waals surface area contributed by atoms with Gasteiger partial charge in [0.2, 0.25) is 0 Å². The van der Waals surface area contributed by atoms with E-state index in [0.717, 1.165) is 24.1 Å². The molecule has 0 bridgehead atoms. The molecule has 1 fully saturated rings. The van der Waals surface area contributed by atoms with Gasteiger partial charge < -0.3 is 0 Å². The normalized spacial score (nSPS) is 20.2. The first-order valence-electron chi connectivity index (χ1n) is 5.63. The third kappa shape index (κ3) is 3.61. The summed E-state index contributed by atoms with van der Waals surface area (Å²) in [5.74, 6) is 0. The second-order valence-electron chi connectivity index (χ2n) is 3.87. The largest absolute Gasteiger partial charge is 0.350 e. The Bertz CT molecular complexity index is 454. The van der Waals surface area contributed by atoms with Crippen LogP contribution in [0, 0.1) is 0 Å². The molecular formula is C11H12Cl3N3OS. The zero-order valence-corrected chi connectivity index (χ0v) is 13.1. The van der Waals surface area contributed by atoms with Gasteiger partial charge in [0.1, 0.15) is 6.17 Å². The van der Waals surface area contributed by atoms with Crippen LogP contribution in [-0.4, -0.2) is 19.7 Å². The minimum Gasteiger partial charge on any atom is -0.275 e. The lowest BCUT2D eigenvalue weighted by atomic mass is 10.2. The van der Waals surface area contributed by atoms with E-state index in [1.54, 1.807) is 4.90 Å². The number of rotatable bonds is 3. The first kappa shape index (κ1) is 15.1. The average molecular weight is 341 g/mol. The lowest BCUT2D eigenvalue weighted by Crippen LogP contribution is -2.36. The number of amides is 2. The van der Waals surface area contributed by atoms with Crippen molar-refractivity contribution in [1.82, 2.24) is 9.84 Å². The molecule has 0 aromatic heterocycles. The minimum absolute atomic E-state index is 0.158. The van der Waals surface area contributed by atoms with Crippen LogP contribution in [0.4, 0.5) is 10.5 Å². The first-order valence-corrected chi connectivity index (χ1v) is 7.53. The number of carbonyl (C=O) groups is 1. The van der Waals surface area contributed by atoms with Gasteiger partial charge in [-0.05, 0) is 18.6 Å². The number of hydrogen-bond donors (Lipinski definition) is 1. The van der Waals surface area contributed by atoms with Crippen molar-refractivity contribution in [2.24, 2.45) is 0 Å².